The van der Waals surface area contributed by atoms with Crippen molar-refractivity contribution in [2.24, 2.45) is 5.10 Å². The molecule has 1 atom stereocenters. The highest BCUT2D eigenvalue weighted by Gasteiger charge is 2.37. The molecule has 0 unspecified atom stereocenters. The highest BCUT2D eigenvalue weighted by Crippen LogP contribution is 2.38. The average Bonchev–Trinajstić information content (AvgIpc) is 3.59. The van der Waals surface area contributed by atoms with Crippen molar-refractivity contribution in [1.82, 2.24) is 9.99 Å². The van der Waals surface area contributed by atoms with Gasteiger partial charge in [0.2, 0.25) is 0 Å². The van der Waals surface area contributed by atoms with Crippen molar-refractivity contribution < 1.29 is 13.6 Å². The van der Waals surface area contributed by atoms with Crippen LogP contribution >= 0.6 is 11.6 Å². The van der Waals surface area contributed by atoms with E-state index in [2.05, 4.69) is 10.1 Å². The molecule has 1 aliphatic heterocycles. The number of nitrogens with one attached hydrogen (secondary N) is 1. The van der Waals surface area contributed by atoms with Crippen molar-refractivity contribution in [1.29, 1.82) is 0 Å². The van der Waals surface area contributed by atoms with Gasteiger partial charge in [0, 0.05) is 33.5 Å². The minimum atomic E-state index is -0.583. The molecule has 0 saturated heterocycles. The van der Waals surface area contributed by atoms with E-state index in [9.17, 15) is 14.0 Å². The molecule has 0 radical (unpaired) electrons. The van der Waals surface area contributed by atoms with Gasteiger partial charge in [0.05, 0.1) is 17.5 Å². The summed E-state index contributed by atoms with van der Waals surface area (Å²) in [5, 5.41) is 7.25. The summed E-state index contributed by atoms with van der Waals surface area (Å²) in [4.78, 5) is 30.0. The van der Waals surface area contributed by atoms with Gasteiger partial charge in [-0.1, -0.05) is 41.9 Å². The highest BCUT2D eigenvalue weighted by molar-refractivity contribution is 6.31. The van der Waals surface area contributed by atoms with E-state index in [1.54, 1.807) is 30.3 Å². The van der Waals surface area contributed by atoms with Crippen LogP contribution in [0.4, 0.5) is 4.39 Å². The van der Waals surface area contributed by atoms with E-state index in [0.29, 0.717) is 33.1 Å². The van der Waals surface area contributed by atoms with Crippen molar-refractivity contribution in [3.05, 3.63) is 129 Å². The van der Waals surface area contributed by atoms with Crippen molar-refractivity contribution in [2.75, 3.05) is 0 Å². The lowest BCUT2D eigenvalue weighted by Crippen LogP contribution is -2.26. The Morgan fingerprint density at radius 2 is 1.78 bits per heavy atom. The monoisotopic (exact) mass is 511 g/mol. The number of hydrogen-bond donors (Lipinski definition) is 1. The van der Waals surface area contributed by atoms with Gasteiger partial charge in [-0.15, -0.1) is 0 Å². The Hall–Kier alpha value is -4.49. The van der Waals surface area contributed by atoms with Crippen LogP contribution in [-0.2, 0) is 0 Å². The number of hydrazone groups is 1. The molecule has 0 spiro atoms. The summed E-state index contributed by atoms with van der Waals surface area (Å²) in [5.41, 5.74) is 2.85. The molecule has 0 fully saturated rings. The first kappa shape index (κ1) is 22.9. The van der Waals surface area contributed by atoms with Crippen molar-refractivity contribution in [2.45, 2.75) is 12.5 Å². The minimum absolute atomic E-state index is 0.245. The minimum Gasteiger partial charge on any atom is -0.467 e. The molecule has 3 aromatic carbocycles. The third-order valence-electron chi connectivity index (χ3n) is 6.41. The fourth-order valence-corrected chi connectivity index (χ4v) is 4.89. The van der Waals surface area contributed by atoms with Crippen LogP contribution in [0, 0.1) is 5.82 Å². The molecular weight excluding hydrogens is 493 g/mol. The number of amides is 1. The number of rotatable bonds is 4. The molecule has 0 bridgehead atoms. The fraction of sp³-hybridized carbons (Fsp3) is 0.0690. The molecule has 3 heterocycles. The van der Waals surface area contributed by atoms with Gasteiger partial charge < -0.3 is 9.40 Å². The van der Waals surface area contributed by atoms with Crippen LogP contribution in [0.2, 0.25) is 5.02 Å². The number of benzene rings is 3. The van der Waals surface area contributed by atoms with E-state index >= 15 is 0 Å². The maximum absolute atomic E-state index is 13.5. The number of fused-ring (bicyclic) bond motifs is 1. The van der Waals surface area contributed by atoms with Gasteiger partial charge >= 0.3 is 0 Å². The third-order valence-corrected chi connectivity index (χ3v) is 6.64. The number of nitrogens with zero attached hydrogens (tertiary/aromatic N) is 2. The van der Waals surface area contributed by atoms with E-state index in [1.807, 2.05) is 30.3 Å². The van der Waals surface area contributed by atoms with Crippen LogP contribution in [0.15, 0.2) is 106 Å². The number of aromatic amines is 1. The predicted molar refractivity (Wildman–Crippen MR) is 140 cm³/mol. The van der Waals surface area contributed by atoms with Gasteiger partial charge in [-0.25, -0.2) is 9.40 Å². The van der Waals surface area contributed by atoms with Gasteiger partial charge in [0.25, 0.3) is 11.5 Å². The molecule has 8 heteroatoms. The zero-order chi connectivity index (χ0) is 25.5. The number of carbonyl (C=O) groups is 1. The van der Waals surface area contributed by atoms with Crippen LogP contribution < -0.4 is 5.56 Å². The van der Waals surface area contributed by atoms with Gasteiger partial charge in [-0.05, 0) is 60.2 Å². The Morgan fingerprint density at radius 3 is 2.51 bits per heavy atom. The van der Waals surface area contributed by atoms with Gasteiger partial charge in [0.1, 0.15) is 17.6 Å². The summed E-state index contributed by atoms with van der Waals surface area (Å²) in [6.45, 7) is 0. The molecule has 0 aliphatic carbocycles. The molecule has 6 rings (SSSR count). The summed E-state index contributed by atoms with van der Waals surface area (Å²) in [7, 11) is 0. The molecule has 0 saturated carbocycles. The van der Waals surface area contributed by atoms with Crippen LogP contribution in [0.1, 0.15) is 34.1 Å². The van der Waals surface area contributed by atoms with Gasteiger partial charge in [0.15, 0.2) is 0 Å². The first-order chi connectivity index (χ1) is 18.0. The van der Waals surface area contributed by atoms with Gasteiger partial charge in [-0.2, -0.15) is 5.10 Å². The summed E-state index contributed by atoms with van der Waals surface area (Å²) in [6.07, 6.45) is 1.77. The number of furan rings is 1. The lowest BCUT2D eigenvalue weighted by Gasteiger charge is -2.19. The topological polar surface area (TPSA) is 78.7 Å². The summed E-state index contributed by atoms with van der Waals surface area (Å²) in [6, 6.07) is 23.0. The number of hydrogen-bond acceptors (Lipinski definition) is 4. The number of halogens is 2. The normalized spacial score (nSPS) is 15.2. The Morgan fingerprint density at radius 1 is 1.00 bits per heavy atom. The number of H-pyrrole nitrogens is 1. The molecule has 182 valence electrons. The van der Waals surface area contributed by atoms with E-state index in [-0.39, 0.29) is 17.5 Å². The van der Waals surface area contributed by atoms with Crippen LogP contribution in [0.3, 0.4) is 0 Å². The predicted octanol–water partition coefficient (Wildman–Crippen LogP) is 6.57. The second kappa shape index (κ2) is 9.19. The summed E-state index contributed by atoms with van der Waals surface area (Å²) < 4.78 is 19.1. The van der Waals surface area contributed by atoms with E-state index in [0.717, 1.165) is 10.9 Å². The SMILES string of the molecule is O=C(c1ccc(F)cc1)N1N=C(c2c(-c3ccccc3)c3cc(Cl)ccc3[nH]c2=O)C[C@@H]1c1ccco1. The Kier molecular flexibility index (Phi) is 5.70. The third kappa shape index (κ3) is 4.13. The van der Waals surface area contributed by atoms with Crippen molar-refractivity contribution in [3.8, 4) is 11.1 Å². The second-order valence-electron chi connectivity index (χ2n) is 8.70. The maximum atomic E-state index is 13.5. The average molecular weight is 512 g/mol. The first-order valence-corrected chi connectivity index (χ1v) is 12.0. The molecule has 1 amide bonds. The lowest BCUT2D eigenvalue weighted by atomic mass is 9.92. The maximum Gasteiger partial charge on any atom is 0.274 e. The zero-order valence-corrected chi connectivity index (χ0v) is 20.1. The Bertz CT molecular complexity index is 1710. The standard InChI is InChI=1S/C29H19ClFN3O3/c30-19-10-13-22-21(15-19)26(17-5-2-1-3-6-17)27(28(35)32-22)23-16-24(25-7-4-14-37-25)34(33-23)29(36)18-8-11-20(31)12-9-18/h1-15,24H,16H2,(H,32,35)/t24-/m1/s1. The summed E-state index contributed by atoms with van der Waals surface area (Å²) >= 11 is 6.35. The Labute approximate surface area is 215 Å². The molecule has 2 aromatic heterocycles. The lowest BCUT2D eigenvalue weighted by molar-refractivity contribution is 0.0693. The quantitative estimate of drug-likeness (QED) is 0.296. The van der Waals surface area contributed by atoms with E-state index < -0.39 is 17.8 Å². The van der Waals surface area contributed by atoms with Crippen molar-refractivity contribution in [3.63, 3.8) is 0 Å². The molecule has 1 N–H and O–H groups in total. The second-order valence-corrected chi connectivity index (χ2v) is 9.14. The number of aromatic nitrogens is 1. The number of pyridine rings is 1. The summed E-state index contributed by atoms with van der Waals surface area (Å²) in [5.74, 6) is -0.354. The van der Waals surface area contributed by atoms with Gasteiger partial charge in [-0.3, -0.25) is 9.59 Å². The van der Waals surface area contributed by atoms with E-state index in [4.69, 9.17) is 16.0 Å². The molecule has 6 nitrogen and oxygen atoms in total. The zero-order valence-electron chi connectivity index (χ0n) is 19.3. The fourth-order valence-electron chi connectivity index (χ4n) is 4.72. The smallest absolute Gasteiger partial charge is 0.274 e. The van der Waals surface area contributed by atoms with Crippen LogP contribution in [0.5, 0.6) is 0 Å². The molecule has 5 aromatic rings. The first-order valence-electron chi connectivity index (χ1n) is 11.6. The molecule has 1 aliphatic rings. The van der Waals surface area contributed by atoms with Crippen LogP contribution in [0.25, 0.3) is 22.0 Å². The number of carbonyl (C=O) groups excluding carboxylic acids is 1. The van der Waals surface area contributed by atoms with Crippen molar-refractivity contribution >= 4 is 34.1 Å². The highest BCUT2D eigenvalue weighted by atomic mass is 35.5. The largest absolute Gasteiger partial charge is 0.467 e. The van der Waals surface area contributed by atoms with E-state index in [1.165, 1.54) is 35.5 Å². The Balaban J connectivity index is 1.56. The van der Waals surface area contributed by atoms with Crippen LogP contribution in [-0.4, -0.2) is 21.6 Å². The molecule has 37 heavy (non-hydrogen) atoms. The molecular formula is C29H19ClFN3O3.